The second kappa shape index (κ2) is 7.38. The van der Waals surface area contributed by atoms with Gasteiger partial charge in [-0.1, -0.05) is 54.6 Å². The Morgan fingerprint density at radius 3 is 2.24 bits per heavy atom. The first-order valence-electron chi connectivity index (χ1n) is 8.79. The third-order valence-electron chi connectivity index (χ3n) is 5.06. The van der Waals surface area contributed by atoms with E-state index in [0.29, 0.717) is 19.4 Å². The predicted octanol–water partition coefficient (Wildman–Crippen LogP) is 2.15. The summed E-state index contributed by atoms with van der Waals surface area (Å²) in [5.41, 5.74) is 3.03. The lowest BCUT2D eigenvalue weighted by Gasteiger charge is -2.37. The fourth-order valence-corrected chi connectivity index (χ4v) is 3.61. The van der Waals surface area contributed by atoms with Crippen LogP contribution < -0.4 is 5.32 Å². The molecule has 2 aromatic carbocycles. The Morgan fingerprint density at radius 1 is 1.12 bits per heavy atom. The van der Waals surface area contributed by atoms with Crippen LogP contribution in [0.2, 0.25) is 0 Å². The fraction of sp³-hybridized carbons (Fsp3) is 0.381. The minimum atomic E-state index is -0.617. The summed E-state index contributed by atoms with van der Waals surface area (Å²) in [5.74, 6) is -0.0111. The molecule has 2 N–H and O–H groups in total. The van der Waals surface area contributed by atoms with Gasteiger partial charge in [-0.05, 0) is 30.7 Å². The molecule has 0 unspecified atom stereocenters. The Hall–Kier alpha value is -2.17. The van der Waals surface area contributed by atoms with Crippen LogP contribution in [0.1, 0.15) is 23.6 Å². The van der Waals surface area contributed by atoms with Gasteiger partial charge >= 0.3 is 0 Å². The highest BCUT2D eigenvalue weighted by Crippen LogP contribution is 2.35. The molecule has 1 aliphatic rings. The van der Waals surface area contributed by atoms with Crippen LogP contribution in [0.15, 0.2) is 54.6 Å². The smallest absolute Gasteiger partial charge is 0.241 e. The molecule has 1 aliphatic carbocycles. The molecule has 132 valence electrons. The van der Waals surface area contributed by atoms with E-state index in [1.165, 1.54) is 16.7 Å². The van der Waals surface area contributed by atoms with Crippen LogP contribution in [-0.4, -0.2) is 41.1 Å². The molecular weight excluding hydrogens is 312 g/mol. The Labute approximate surface area is 149 Å². The topological polar surface area (TPSA) is 52.6 Å². The van der Waals surface area contributed by atoms with Crippen LogP contribution in [-0.2, 0) is 24.2 Å². The van der Waals surface area contributed by atoms with Crippen molar-refractivity contribution in [3.8, 4) is 0 Å². The van der Waals surface area contributed by atoms with Crippen LogP contribution in [0, 0.1) is 0 Å². The van der Waals surface area contributed by atoms with E-state index in [9.17, 15) is 9.90 Å². The van der Waals surface area contributed by atoms with Gasteiger partial charge in [-0.15, -0.1) is 0 Å². The number of likely N-dealkylation sites (N-methyl/N-ethyl adjacent to an activating group) is 1. The van der Waals surface area contributed by atoms with Gasteiger partial charge in [-0.25, -0.2) is 0 Å². The molecule has 1 amide bonds. The van der Waals surface area contributed by atoms with Gasteiger partial charge < -0.3 is 10.4 Å². The van der Waals surface area contributed by atoms with E-state index in [2.05, 4.69) is 34.5 Å². The maximum atomic E-state index is 13.1. The zero-order chi connectivity index (χ0) is 17.9. The maximum absolute atomic E-state index is 13.1. The largest absolute Gasteiger partial charge is 0.392 e. The first kappa shape index (κ1) is 17.6. The molecule has 0 heterocycles. The molecular formula is C21H26N2O2. The van der Waals surface area contributed by atoms with Gasteiger partial charge in [-0.2, -0.15) is 0 Å². The Morgan fingerprint density at radius 2 is 1.68 bits per heavy atom. The number of nitrogens with one attached hydrogen (secondary N) is 1. The number of fused-ring (bicyclic) bond motifs is 1. The Kier molecular flexibility index (Phi) is 5.21. The normalized spacial score (nSPS) is 16.5. The van der Waals surface area contributed by atoms with Gasteiger partial charge in [0, 0.05) is 25.9 Å². The molecule has 3 rings (SSSR count). The molecule has 0 fully saturated rings. The quantitative estimate of drug-likeness (QED) is 0.849. The molecule has 0 spiro atoms. The summed E-state index contributed by atoms with van der Waals surface area (Å²) < 4.78 is 0. The number of hydrogen-bond donors (Lipinski definition) is 2. The lowest BCUT2D eigenvalue weighted by atomic mass is 9.91. The van der Waals surface area contributed by atoms with Gasteiger partial charge in [0.2, 0.25) is 5.91 Å². The summed E-state index contributed by atoms with van der Waals surface area (Å²) in [4.78, 5) is 15.3. The van der Waals surface area contributed by atoms with Gasteiger partial charge in [0.25, 0.3) is 0 Å². The summed E-state index contributed by atoms with van der Waals surface area (Å²) in [6.45, 7) is 2.66. The van der Waals surface area contributed by atoms with Crippen LogP contribution in [0.5, 0.6) is 0 Å². The van der Waals surface area contributed by atoms with Crippen LogP contribution >= 0.6 is 0 Å². The average molecular weight is 338 g/mol. The van der Waals surface area contributed by atoms with Gasteiger partial charge in [0.1, 0.15) is 5.54 Å². The van der Waals surface area contributed by atoms with E-state index in [1.807, 2.05) is 37.4 Å². The minimum Gasteiger partial charge on any atom is -0.392 e. The van der Waals surface area contributed by atoms with Crippen molar-refractivity contribution in [2.45, 2.75) is 38.0 Å². The van der Waals surface area contributed by atoms with Crippen molar-refractivity contribution in [3.63, 3.8) is 0 Å². The molecule has 0 aliphatic heterocycles. The number of aliphatic hydroxyl groups is 1. The van der Waals surface area contributed by atoms with Crippen molar-refractivity contribution in [1.82, 2.24) is 10.2 Å². The highest BCUT2D eigenvalue weighted by Gasteiger charge is 2.46. The van der Waals surface area contributed by atoms with Crippen molar-refractivity contribution in [3.05, 3.63) is 71.3 Å². The van der Waals surface area contributed by atoms with E-state index in [1.54, 1.807) is 6.92 Å². The number of amides is 1. The third kappa shape index (κ3) is 3.75. The summed E-state index contributed by atoms with van der Waals surface area (Å²) in [7, 11) is 2.01. The van der Waals surface area contributed by atoms with Crippen molar-refractivity contribution in [2.24, 2.45) is 0 Å². The number of aliphatic hydroxyl groups excluding tert-OH is 1. The maximum Gasteiger partial charge on any atom is 0.241 e. The van der Waals surface area contributed by atoms with Gasteiger partial charge in [0.15, 0.2) is 0 Å². The van der Waals surface area contributed by atoms with E-state index in [-0.39, 0.29) is 12.5 Å². The molecule has 2 aromatic rings. The average Bonchev–Trinajstić information content (AvgIpc) is 3.01. The zero-order valence-corrected chi connectivity index (χ0v) is 14.9. The lowest BCUT2D eigenvalue weighted by Crippen LogP contribution is -2.58. The monoisotopic (exact) mass is 338 g/mol. The molecule has 0 saturated carbocycles. The Balaban J connectivity index is 1.86. The number of carbonyl (C=O) groups excluding carboxylic acids is 1. The molecule has 4 nitrogen and oxygen atoms in total. The van der Waals surface area contributed by atoms with Crippen LogP contribution in [0.25, 0.3) is 0 Å². The fourth-order valence-electron chi connectivity index (χ4n) is 3.61. The minimum absolute atomic E-state index is 0.0111. The number of hydrogen-bond acceptors (Lipinski definition) is 3. The zero-order valence-electron chi connectivity index (χ0n) is 14.9. The van der Waals surface area contributed by atoms with Gasteiger partial charge in [0.05, 0.1) is 6.10 Å². The number of nitrogens with zero attached hydrogens (tertiary/aromatic N) is 1. The molecule has 25 heavy (non-hydrogen) atoms. The van der Waals surface area contributed by atoms with E-state index in [4.69, 9.17) is 0 Å². The summed E-state index contributed by atoms with van der Waals surface area (Å²) in [6.07, 6.45) is 0.834. The standard InChI is InChI=1S/C21H26N2O2/c1-16(24)14-22-20(25)21(12-18-10-6-7-11-19(18)13-21)23(2)15-17-8-4-3-5-9-17/h3-11,16,24H,12-15H2,1-2H3,(H,22,25)/t16-/m1/s1. The summed E-state index contributed by atoms with van der Waals surface area (Å²) in [6, 6.07) is 18.5. The third-order valence-corrected chi connectivity index (χ3v) is 5.06. The van der Waals surface area contributed by atoms with E-state index >= 15 is 0 Å². The summed E-state index contributed by atoms with van der Waals surface area (Å²) >= 11 is 0. The molecule has 0 saturated heterocycles. The second-order valence-corrected chi connectivity index (χ2v) is 7.05. The molecule has 0 radical (unpaired) electrons. The first-order chi connectivity index (χ1) is 12.0. The SMILES string of the molecule is C[C@@H](O)CNC(=O)C1(N(C)Cc2ccccc2)Cc2ccccc2C1. The molecule has 0 aromatic heterocycles. The van der Waals surface area contributed by atoms with Crippen molar-refractivity contribution in [1.29, 1.82) is 0 Å². The summed E-state index contributed by atoms with van der Waals surface area (Å²) in [5, 5.41) is 12.5. The van der Waals surface area contributed by atoms with Crippen molar-refractivity contribution >= 4 is 5.91 Å². The molecule has 4 heteroatoms. The van der Waals surface area contributed by atoms with Crippen LogP contribution in [0.4, 0.5) is 0 Å². The highest BCUT2D eigenvalue weighted by molar-refractivity contribution is 5.88. The molecule has 0 bridgehead atoms. The predicted molar refractivity (Wildman–Crippen MR) is 99.2 cm³/mol. The second-order valence-electron chi connectivity index (χ2n) is 7.05. The molecule has 1 atom stereocenters. The highest BCUT2D eigenvalue weighted by atomic mass is 16.3. The van der Waals surface area contributed by atoms with Crippen molar-refractivity contribution in [2.75, 3.05) is 13.6 Å². The van der Waals surface area contributed by atoms with E-state index < -0.39 is 11.6 Å². The first-order valence-corrected chi connectivity index (χ1v) is 8.79. The number of benzene rings is 2. The van der Waals surface area contributed by atoms with E-state index in [0.717, 1.165) is 0 Å². The van der Waals surface area contributed by atoms with Crippen molar-refractivity contribution < 1.29 is 9.90 Å². The van der Waals surface area contributed by atoms with Crippen LogP contribution in [0.3, 0.4) is 0 Å². The number of rotatable bonds is 6. The number of carbonyl (C=O) groups is 1. The van der Waals surface area contributed by atoms with Gasteiger partial charge in [-0.3, -0.25) is 9.69 Å². The lowest BCUT2D eigenvalue weighted by molar-refractivity contribution is -0.133. The Bertz CT molecular complexity index is 703.